The number of nitrogens with zero attached hydrogens (tertiary/aromatic N) is 4. The van der Waals surface area contributed by atoms with Gasteiger partial charge in [0.25, 0.3) is 0 Å². The first kappa shape index (κ1) is 25.8. The lowest BCUT2D eigenvalue weighted by molar-refractivity contribution is -0.144. The maximum Gasteiger partial charge on any atom is 0.451 e. The summed E-state index contributed by atoms with van der Waals surface area (Å²) in [4.78, 5) is 6.77. The molecule has 7 nitrogen and oxygen atoms in total. The number of sulfonamides is 1. The second-order valence-electron chi connectivity index (χ2n) is 9.27. The molecule has 1 atom stereocenters. The van der Waals surface area contributed by atoms with Gasteiger partial charge in [-0.05, 0) is 66.3 Å². The van der Waals surface area contributed by atoms with E-state index in [1.165, 1.54) is 16.4 Å². The molecular formula is C26H21F4N5O2S. The van der Waals surface area contributed by atoms with Crippen molar-refractivity contribution in [2.45, 2.75) is 42.5 Å². The van der Waals surface area contributed by atoms with Gasteiger partial charge >= 0.3 is 6.18 Å². The van der Waals surface area contributed by atoms with Crippen molar-refractivity contribution in [3.63, 3.8) is 0 Å². The first-order valence-corrected chi connectivity index (χ1v) is 13.1. The third-order valence-corrected chi connectivity index (χ3v) is 8.89. The molecule has 6 rings (SSSR count). The van der Waals surface area contributed by atoms with E-state index in [1.54, 1.807) is 18.2 Å². The Morgan fingerprint density at radius 1 is 1.11 bits per heavy atom. The van der Waals surface area contributed by atoms with Gasteiger partial charge in [0.1, 0.15) is 5.82 Å². The molecule has 0 spiro atoms. The first-order chi connectivity index (χ1) is 18.0. The third-order valence-electron chi connectivity index (χ3n) is 6.95. The highest BCUT2D eigenvalue weighted by Crippen LogP contribution is 2.50. The third kappa shape index (κ3) is 4.63. The minimum atomic E-state index is -4.66. The molecule has 1 saturated carbocycles. The number of alkyl halides is 3. The summed E-state index contributed by atoms with van der Waals surface area (Å²) in [7, 11) is -3.89. The molecule has 1 aliphatic carbocycles. The van der Waals surface area contributed by atoms with Crippen molar-refractivity contribution < 1.29 is 26.0 Å². The minimum Gasteiger partial charge on any atom is -0.383 e. The van der Waals surface area contributed by atoms with Crippen molar-refractivity contribution in [2.24, 2.45) is 5.92 Å². The average Bonchev–Trinajstić information content (AvgIpc) is 3.45. The van der Waals surface area contributed by atoms with Crippen LogP contribution in [0.1, 0.15) is 29.8 Å². The Morgan fingerprint density at radius 2 is 1.76 bits per heavy atom. The van der Waals surface area contributed by atoms with Crippen LogP contribution in [0, 0.1) is 23.1 Å². The highest BCUT2D eigenvalue weighted by Gasteiger charge is 2.56. The molecule has 3 aliphatic rings. The fourth-order valence-electron chi connectivity index (χ4n) is 5.01. The van der Waals surface area contributed by atoms with Crippen molar-refractivity contribution in [1.82, 2.24) is 19.6 Å². The molecule has 3 heterocycles. The molecule has 38 heavy (non-hydrogen) atoms. The normalized spacial score (nSPS) is 21.0. The number of benzene rings is 2. The van der Waals surface area contributed by atoms with Crippen molar-refractivity contribution >= 4 is 10.0 Å². The molecule has 1 aromatic heterocycles. The van der Waals surface area contributed by atoms with Crippen molar-refractivity contribution in [2.75, 3.05) is 0 Å². The molecule has 2 aromatic carbocycles. The van der Waals surface area contributed by atoms with E-state index in [2.05, 4.69) is 27.9 Å². The number of fused-ring (bicyclic) bond motifs is 1. The molecule has 2 bridgehead atoms. The number of aromatic nitrogens is 2. The number of hydrogen-bond acceptors (Lipinski definition) is 6. The lowest BCUT2D eigenvalue weighted by Crippen LogP contribution is -2.40. The predicted molar refractivity (Wildman–Crippen MR) is 129 cm³/mol. The average molecular weight is 544 g/mol. The topological polar surface area (TPSA) is 99.0 Å². The zero-order valence-corrected chi connectivity index (χ0v) is 20.6. The summed E-state index contributed by atoms with van der Waals surface area (Å²) in [6, 6.07) is 10.9. The molecule has 1 unspecified atom stereocenters. The largest absolute Gasteiger partial charge is 0.451 e. The molecule has 0 amide bonds. The van der Waals surface area contributed by atoms with E-state index in [0.717, 1.165) is 24.5 Å². The van der Waals surface area contributed by atoms with Crippen LogP contribution in [-0.2, 0) is 22.7 Å². The second kappa shape index (κ2) is 9.49. The van der Waals surface area contributed by atoms with E-state index in [4.69, 9.17) is 0 Å². The number of hydrogen-bond donors (Lipinski definition) is 1. The molecule has 1 N–H and O–H groups in total. The molecule has 12 heteroatoms. The van der Waals surface area contributed by atoms with Crippen LogP contribution in [0.25, 0.3) is 11.1 Å². The van der Waals surface area contributed by atoms with Crippen LogP contribution in [0.5, 0.6) is 0 Å². The number of halogens is 4. The van der Waals surface area contributed by atoms with E-state index in [1.807, 2.05) is 0 Å². The van der Waals surface area contributed by atoms with Crippen LogP contribution < -0.4 is 5.32 Å². The standard InChI is InChI=1S/C26H21F4N5O2S/c1-15(24-18-9-22(10-18)35(24)38(36,37)23-6-4-21(27)5-7-23)32-12-19-8-16(2-3-17(19)11-31)20-13-33-25(34-14-20)26(28,29)30/h2-8,13-14,18,22,24,32H,1,9-10,12H2. The Labute approximate surface area is 216 Å². The molecule has 2 aliphatic heterocycles. The number of nitrogens with one attached hydrogen (secondary N) is 1. The van der Waals surface area contributed by atoms with E-state index < -0.39 is 33.9 Å². The van der Waals surface area contributed by atoms with Crippen LogP contribution in [0.4, 0.5) is 17.6 Å². The zero-order chi connectivity index (χ0) is 27.2. The SMILES string of the molecule is C=C(NCc1cc(-c2cnc(C(F)(F)F)nc2)ccc1C#N)C1C2CC(C2)N1S(=O)(=O)c1ccc(F)cc1. The van der Waals surface area contributed by atoms with Crippen LogP contribution in [0.15, 0.2) is 72.0 Å². The lowest BCUT2D eigenvalue weighted by Gasteiger charge is -2.26. The smallest absolute Gasteiger partial charge is 0.383 e. The van der Waals surface area contributed by atoms with Crippen molar-refractivity contribution in [1.29, 1.82) is 5.26 Å². The number of nitriles is 1. The van der Waals surface area contributed by atoms with Crippen LogP contribution in [0.2, 0.25) is 0 Å². The van der Waals surface area contributed by atoms with Gasteiger partial charge < -0.3 is 5.32 Å². The van der Waals surface area contributed by atoms with Crippen LogP contribution in [0.3, 0.4) is 0 Å². The van der Waals surface area contributed by atoms with Gasteiger partial charge in [0.2, 0.25) is 15.8 Å². The molecule has 3 fully saturated rings. The van der Waals surface area contributed by atoms with Gasteiger partial charge in [-0.1, -0.05) is 12.6 Å². The first-order valence-electron chi connectivity index (χ1n) is 11.6. The Kier molecular flexibility index (Phi) is 6.44. The summed E-state index contributed by atoms with van der Waals surface area (Å²) in [5.74, 6) is -1.69. The predicted octanol–water partition coefficient (Wildman–Crippen LogP) is 4.63. The molecule has 3 aromatic rings. The molecule has 196 valence electrons. The number of rotatable bonds is 7. The summed E-state index contributed by atoms with van der Waals surface area (Å²) in [5.41, 5.74) is 2.21. The Balaban J connectivity index is 1.35. The quantitative estimate of drug-likeness (QED) is 0.437. The maximum atomic E-state index is 13.4. The highest BCUT2D eigenvalue weighted by atomic mass is 32.2. The summed E-state index contributed by atoms with van der Waals surface area (Å²) in [6.45, 7) is 4.22. The Morgan fingerprint density at radius 3 is 2.37 bits per heavy atom. The van der Waals surface area contributed by atoms with E-state index >= 15 is 0 Å². The molecule has 2 saturated heterocycles. The summed E-state index contributed by atoms with van der Waals surface area (Å²) in [5, 5.41) is 12.7. The highest BCUT2D eigenvalue weighted by molar-refractivity contribution is 7.89. The fraction of sp³-hybridized carbons (Fsp3) is 0.269. The Bertz CT molecular complexity index is 1530. The van der Waals surface area contributed by atoms with Crippen LogP contribution in [-0.4, -0.2) is 34.8 Å². The minimum absolute atomic E-state index is 0.00229. The van der Waals surface area contributed by atoms with E-state index in [0.29, 0.717) is 40.8 Å². The van der Waals surface area contributed by atoms with Gasteiger partial charge in [0.05, 0.1) is 22.6 Å². The lowest BCUT2D eigenvalue weighted by atomic mass is 9.82. The van der Waals surface area contributed by atoms with Crippen LogP contribution >= 0.6 is 0 Å². The Hall–Kier alpha value is -3.82. The van der Waals surface area contributed by atoms with E-state index in [-0.39, 0.29) is 23.4 Å². The molecule has 0 radical (unpaired) electrons. The summed E-state index contributed by atoms with van der Waals surface area (Å²) >= 11 is 0. The summed E-state index contributed by atoms with van der Waals surface area (Å²) in [6.07, 6.45) is -1.14. The fourth-order valence-corrected chi connectivity index (χ4v) is 6.89. The van der Waals surface area contributed by atoms with Gasteiger partial charge in [0, 0.05) is 36.2 Å². The van der Waals surface area contributed by atoms with E-state index in [9.17, 15) is 31.2 Å². The van der Waals surface area contributed by atoms with Crippen molar-refractivity contribution in [3.8, 4) is 17.2 Å². The van der Waals surface area contributed by atoms with Gasteiger partial charge in [-0.25, -0.2) is 22.8 Å². The molecular weight excluding hydrogens is 522 g/mol. The van der Waals surface area contributed by atoms with Crippen molar-refractivity contribution in [3.05, 3.63) is 89.9 Å². The van der Waals surface area contributed by atoms with Gasteiger partial charge in [-0.2, -0.15) is 22.7 Å². The second-order valence-corrected chi connectivity index (χ2v) is 11.1. The summed E-state index contributed by atoms with van der Waals surface area (Å²) < 4.78 is 79.9. The monoisotopic (exact) mass is 543 g/mol. The van der Waals surface area contributed by atoms with Gasteiger partial charge in [-0.3, -0.25) is 0 Å². The zero-order valence-electron chi connectivity index (χ0n) is 19.8. The van der Waals surface area contributed by atoms with Gasteiger partial charge in [-0.15, -0.1) is 0 Å². The maximum absolute atomic E-state index is 13.4. The van der Waals surface area contributed by atoms with Gasteiger partial charge in [0.15, 0.2) is 0 Å².